The van der Waals surface area contributed by atoms with Crippen molar-refractivity contribution in [1.29, 1.82) is 0 Å². The zero-order chi connectivity index (χ0) is 15.0. The molecule has 0 saturated heterocycles. The number of aliphatic hydroxyl groups excluding tert-OH is 2. The van der Waals surface area contributed by atoms with Crippen molar-refractivity contribution in [3.05, 3.63) is 35.9 Å². The molecule has 0 spiro atoms. The summed E-state index contributed by atoms with van der Waals surface area (Å²) in [5.41, 5.74) is 0.331. The molecular formula is C11H12O8. The highest BCUT2D eigenvalue weighted by atomic mass is 16.4. The Kier molecular flexibility index (Phi) is 6.79. The fourth-order valence-electron chi connectivity index (χ4n) is 0.851. The minimum Gasteiger partial charge on any atom is -0.479 e. The zero-order valence-corrected chi connectivity index (χ0v) is 9.50. The van der Waals surface area contributed by atoms with E-state index in [4.69, 9.17) is 25.5 Å². The molecule has 0 heterocycles. The van der Waals surface area contributed by atoms with Crippen LogP contribution in [0.5, 0.6) is 0 Å². The van der Waals surface area contributed by atoms with Crippen LogP contribution in [0, 0.1) is 0 Å². The molecule has 0 radical (unpaired) electrons. The summed E-state index contributed by atoms with van der Waals surface area (Å²) in [6.07, 6.45) is -4.53. The number of carboxylic acids is 3. The second-order valence-electron chi connectivity index (χ2n) is 3.24. The van der Waals surface area contributed by atoms with Crippen LogP contribution in [-0.4, -0.2) is 55.6 Å². The van der Waals surface area contributed by atoms with E-state index < -0.39 is 30.1 Å². The van der Waals surface area contributed by atoms with Crippen LogP contribution in [0.2, 0.25) is 0 Å². The average Bonchev–Trinajstić information content (AvgIpc) is 2.38. The quantitative estimate of drug-likeness (QED) is 0.480. The summed E-state index contributed by atoms with van der Waals surface area (Å²) in [5.74, 6) is -4.42. The molecule has 0 aliphatic heterocycles. The summed E-state index contributed by atoms with van der Waals surface area (Å²) in [6.45, 7) is 0. The third-order valence-electron chi connectivity index (χ3n) is 1.83. The first-order chi connectivity index (χ1) is 8.77. The smallest absolute Gasteiger partial charge is 0.335 e. The zero-order valence-electron chi connectivity index (χ0n) is 9.50. The van der Waals surface area contributed by atoms with Crippen molar-refractivity contribution in [3.63, 3.8) is 0 Å². The summed E-state index contributed by atoms with van der Waals surface area (Å²) in [7, 11) is 0. The Balaban J connectivity index is 0.000000342. The Hall–Kier alpha value is -2.45. The van der Waals surface area contributed by atoms with E-state index in [2.05, 4.69) is 0 Å². The van der Waals surface area contributed by atoms with E-state index in [9.17, 15) is 14.4 Å². The van der Waals surface area contributed by atoms with Gasteiger partial charge in [0.2, 0.25) is 0 Å². The van der Waals surface area contributed by atoms with E-state index in [-0.39, 0.29) is 0 Å². The van der Waals surface area contributed by atoms with Crippen LogP contribution in [0.4, 0.5) is 0 Å². The largest absolute Gasteiger partial charge is 0.479 e. The minimum absolute atomic E-state index is 0.331. The number of hydrogen-bond acceptors (Lipinski definition) is 5. The van der Waals surface area contributed by atoms with Gasteiger partial charge in [-0.15, -0.1) is 0 Å². The van der Waals surface area contributed by atoms with Crippen molar-refractivity contribution in [1.82, 2.24) is 0 Å². The van der Waals surface area contributed by atoms with Gasteiger partial charge in [0.15, 0.2) is 12.2 Å². The Morgan fingerprint density at radius 1 is 0.789 bits per heavy atom. The molecule has 104 valence electrons. The highest BCUT2D eigenvalue weighted by Gasteiger charge is 2.29. The lowest BCUT2D eigenvalue weighted by Gasteiger charge is -2.07. The molecule has 0 aliphatic rings. The lowest BCUT2D eigenvalue weighted by molar-refractivity contribution is -0.165. The molecule has 8 heteroatoms. The first kappa shape index (κ1) is 16.6. The van der Waals surface area contributed by atoms with Crippen LogP contribution >= 0.6 is 0 Å². The number of aliphatic carboxylic acids is 2. The summed E-state index contributed by atoms with van der Waals surface area (Å²) < 4.78 is 0. The van der Waals surface area contributed by atoms with E-state index in [1.165, 1.54) is 0 Å². The Morgan fingerprint density at radius 2 is 1.16 bits per heavy atom. The van der Waals surface area contributed by atoms with E-state index in [1.54, 1.807) is 30.3 Å². The van der Waals surface area contributed by atoms with Gasteiger partial charge in [0.05, 0.1) is 5.56 Å². The summed E-state index contributed by atoms with van der Waals surface area (Å²) in [6, 6.07) is 8.30. The number of aromatic carboxylic acids is 1. The van der Waals surface area contributed by atoms with Crippen LogP contribution in [0.1, 0.15) is 10.4 Å². The number of carboxylic acid groups (broad SMARTS) is 3. The number of rotatable bonds is 4. The molecule has 0 aromatic heterocycles. The summed E-state index contributed by atoms with van der Waals surface area (Å²) in [5, 5.41) is 40.9. The fourth-order valence-corrected chi connectivity index (χ4v) is 0.851. The topological polar surface area (TPSA) is 152 Å². The Bertz CT molecular complexity index is 423. The first-order valence-corrected chi connectivity index (χ1v) is 4.87. The third-order valence-corrected chi connectivity index (χ3v) is 1.83. The molecule has 2 atom stereocenters. The first-order valence-electron chi connectivity index (χ1n) is 4.87. The molecular weight excluding hydrogens is 260 g/mol. The van der Waals surface area contributed by atoms with E-state index >= 15 is 0 Å². The second kappa shape index (κ2) is 7.80. The number of aliphatic hydroxyl groups is 2. The standard InChI is InChI=1S/C7H6O2.C4H6O6/c8-7(9)6-4-2-1-3-5-6;5-1(3(7)8)2(6)4(9)10/h1-5H,(H,8,9);1-2,5-6H,(H,7,8)(H,9,10)/t;1-,2-/m.1/s1. The van der Waals surface area contributed by atoms with Gasteiger partial charge in [-0.1, -0.05) is 18.2 Å². The highest BCUT2D eigenvalue weighted by Crippen LogP contribution is 1.96. The van der Waals surface area contributed by atoms with Crippen molar-refractivity contribution in [2.24, 2.45) is 0 Å². The van der Waals surface area contributed by atoms with Crippen molar-refractivity contribution in [2.75, 3.05) is 0 Å². The fraction of sp³-hybridized carbons (Fsp3) is 0.182. The van der Waals surface area contributed by atoms with Crippen molar-refractivity contribution >= 4 is 17.9 Å². The predicted octanol–water partition coefficient (Wildman–Crippen LogP) is -0.738. The van der Waals surface area contributed by atoms with Crippen molar-refractivity contribution in [2.45, 2.75) is 12.2 Å². The normalized spacial score (nSPS) is 12.5. The van der Waals surface area contributed by atoms with E-state index in [0.29, 0.717) is 5.56 Å². The molecule has 1 aromatic rings. The van der Waals surface area contributed by atoms with Gasteiger partial charge in [0.25, 0.3) is 0 Å². The molecule has 8 nitrogen and oxygen atoms in total. The summed E-state index contributed by atoms with van der Waals surface area (Å²) in [4.78, 5) is 29.7. The lowest BCUT2D eigenvalue weighted by atomic mass is 10.2. The molecule has 0 saturated carbocycles. The molecule has 0 unspecified atom stereocenters. The van der Waals surface area contributed by atoms with Gasteiger partial charge in [0.1, 0.15) is 0 Å². The van der Waals surface area contributed by atoms with Crippen molar-refractivity contribution < 1.29 is 39.9 Å². The average molecular weight is 272 g/mol. The number of benzene rings is 1. The predicted molar refractivity (Wildman–Crippen MR) is 60.7 cm³/mol. The van der Waals surface area contributed by atoms with Crippen LogP contribution in [0.25, 0.3) is 0 Å². The van der Waals surface area contributed by atoms with Crippen LogP contribution in [0.3, 0.4) is 0 Å². The molecule has 1 aromatic carbocycles. The van der Waals surface area contributed by atoms with Gasteiger partial charge in [0, 0.05) is 0 Å². The van der Waals surface area contributed by atoms with Gasteiger partial charge < -0.3 is 25.5 Å². The highest BCUT2D eigenvalue weighted by molar-refractivity contribution is 5.87. The maximum absolute atomic E-state index is 10.2. The molecule has 1 rings (SSSR count). The molecule has 0 fully saturated rings. The third kappa shape index (κ3) is 6.15. The lowest BCUT2D eigenvalue weighted by Crippen LogP contribution is -2.39. The summed E-state index contributed by atoms with van der Waals surface area (Å²) >= 11 is 0. The van der Waals surface area contributed by atoms with Crippen LogP contribution in [-0.2, 0) is 9.59 Å². The van der Waals surface area contributed by atoms with Crippen molar-refractivity contribution in [3.8, 4) is 0 Å². The van der Waals surface area contributed by atoms with Gasteiger partial charge in [-0.2, -0.15) is 0 Å². The minimum atomic E-state index is -2.27. The molecule has 5 N–H and O–H groups in total. The number of carbonyl (C=O) groups is 3. The monoisotopic (exact) mass is 272 g/mol. The van der Waals surface area contributed by atoms with Gasteiger partial charge in [-0.3, -0.25) is 0 Å². The van der Waals surface area contributed by atoms with E-state index in [1.807, 2.05) is 0 Å². The Morgan fingerprint density at radius 3 is 1.37 bits per heavy atom. The molecule has 0 bridgehead atoms. The van der Waals surface area contributed by atoms with Crippen LogP contribution < -0.4 is 0 Å². The maximum atomic E-state index is 10.2. The maximum Gasteiger partial charge on any atom is 0.335 e. The molecule has 0 amide bonds. The van der Waals surface area contributed by atoms with E-state index in [0.717, 1.165) is 0 Å². The SMILES string of the molecule is O=C(O)[C@H](O)[C@@H](O)C(=O)O.O=C(O)c1ccccc1. The van der Waals surface area contributed by atoms with Gasteiger partial charge >= 0.3 is 17.9 Å². The number of hydrogen-bond donors (Lipinski definition) is 5. The molecule has 0 aliphatic carbocycles. The van der Waals surface area contributed by atoms with Gasteiger partial charge in [-0.05, 0) is 12.1 Å². The Labute approximate surface area is 107 Å². The van der Waals surface area contributed by atoms with Crippen LogP contribution in [0.15, 0.2) is 30.3 Å². The molecule has 19 heavy (non-hydrogen) atoms. The second-order valence-corrected chi connectivity index (χ2v) is 3.24. The van der Waals surface area contributed by atoms with Gasteiger partial charge in [-0.25, -0.2) is 14.4 Å².